The van der Waals surface area contributed by atoms with Gasteiger partial charge in [-0.2, -0.15) is 0 Å². The van der Waals surface area contributed by atoms with E-state index in [9.17, 15) is 8.42 Å². The third kappa shape index (κ3) is 7.72. The first-order chi connectivity index (χ1) is 12.3. The summed E-state index contributed by atoms with van der Waals surface area (Å²) in [4.78, 5) is 4.47. The molecule has 0 spiro atoms. The molecule has 7 nitrogen and oxygen atoms in total. The largest absolute Gasteiger partial charge is 0.381 e. The van der Waals surface area contributed by atoms with Gasteiger partial charge >= 0.3 is 0 Å². The van der Waals surface area contributed by atoms with Crippen molar-refractivity contribution in [1.29, 1.82) is 0 Å². The molecular formula is C18H32N4O3S. The maximum absolute atomic E-state index is 12.1. The number of hydrogen-bond acceptors (Lipinski definition) is 4. The highest BCUT2D eigenvalue weighted by molar-refractivity contribution is 7.89. The average molecular weight is 385 g/mol. The average Bonchev–Trinajstić information content (AvgIpc) is 2.60. The van der Waals surface area contributed by atoms with E-state index in [1.54, 1.807) is 31.3 Å². The number of sulfonamides is 1. The van der Waals surface area contributed by atoms with E-state index in [2.05, 4.69) is 29.5 Å². The normalized spacial score (nSPS) is 12.7. The molecule has 0 aromatic heterocycles. The van der Waals surface area contributed by atoms with E-state index in [0.29, 0.717) is 18.4 Å². The summed E-state index contributed by atoms with van der Waals surface area (Å²) >= 11 is 0. The van der Waals surface area contributed by atoms with Crippen molar-refractivity contribution in [2.75, 3.05) is 40.9 Å². The molecule has 0 fully saturated rings. The van der Waals surface area contributed by atoms with Crippen molar-refractivity contribution in [2.45, 2.75) is 31.7 Å². The first kappa shape index (κ1) is 22.4. The number of ether oxygens (including phenoxy) is 1. The number of nitrogens with zero attached hydrogens (tertiary/aromatic N) is 2. The minimum absolute atomic E-state index is 0.287. The zero-order valence-corrected chi connectivity index (χ0v) is 17.3. The Morgan fingerprint density at radius 2 is 1.85 bits per heavy atom. The molecule has 148 valence electrons. The lowest BCUT2D eigenvalue weighted by atomic mass is 10.2. The molecule has 0 unspecified atom stereocenters. The second-order valence-electron chi connectivity index (χ2n) is 6.61. The Balaban J connectivity index is 2.40. The molecular weight excluding hydrogens is 352 g/mol. The van der Waals surface area contributed by atoms with Crippen LogP contribution < -0.4 is 10.6 Å². The Morgan fingerprint density at radius 3 is 2.38 bits per heavy atom. The Bertz CT molecular complexity index is 656. The summed E-state index contributed by atoms with van der Waals surface area (Å²) < 4.78 is 30.9. The minimum atomic E-state index is -3.39. The highest BCUT2D eigenvalue weighted by Crippen LogP contribution is 2.13. The van der Waals surface area contributed by atoms with E-state index >= 15 is 0 Å². The number of nitrogens with one attached hydrogen (secondary N) is 2. The molecule has 26 heavy (non-hydrogen) atoms. The molecule has 0 saturated carbocycles. The van der Waals surface area contributed by atoms with Crippen LogP contribution >= 0.6 is 0 Å². The van der Waals surface area contributed by atoms with Gasteiger partial charge < -0.3 is 15.4 Å². The minimum Gasteiger partial charge on any atom is -0.381 e. The highest BCUT2D eigenvalue weighted by atomic mass is 32.2. The van der Waals surface area contributed by atoms with Gasteiger partial charge in [0.05, 0.1) is 4.90 Å². The molecule has 1 aromatic carbocycles. The summed E-state index contributed by atoms with van der Waals surface area (Å²) in [7, 11) is 1.37. The van der Waals surface area contributed by atoms with E-state index in [-0.39, 0.29) is 4.90 Å². The Morgan fingerprint density at radius 1 is 1.19 bits per heavy atom. The van der Waals surface area contributed by atoms with Crippen molar-refractivity contribution in [3.63, 3.8) is 0 Å². The maximum atomic E-state index is 12.1. The summed E-state index contributed by atoms with van der Waals surface area (Å²) in [5, 5.41) is 6.45. The lowest BCUT2D eigenvalue weighted by Crippen LogP contribution is -2.37. The standard InChI is InChI=1S/C18H32N4O3S/c1-15(2)14-25-12-6-11-20-18(19-3)21-13-16-7-9-17(10-8-16)26(23,24)22(4)5/h7-10,15H,6,11-14H2,1-5H3,(H2,19,20,21). The van der Waals surface area contributed by atoms with E-state index in [1.165, 1.54) is 18.4 Å². The van der Waals surface area contributed by atoms with Crippen LogP contribution in [0.5, 0.6) is 0 Å². The third-order valence-corrected chi connectivity index (χ3v) is 5.42. The summed E-state index contributed by atoms with van der Waals surface area (Å²) in [6, 6.07) is 6.84. The third-order valence-electron chi connectivity index (χ3n) is 3.59. The molecule has 2 N–H and O–H groups in total. The first-order valence-electron chi connectivity index (χ1n) is 8.81. The summed E-state index contributed by atoms with van der Waals surface area (Å²) in [6.45, 7) is 7.11. The van der Waals surface area contributed by atoms with Crippen molar-refractivity contribution in [1.82, 2.24) is 14.9 Å². The molecule has 1 aromatic rings. The summed E-state index contributed by atoms with van der Waals surface area (Å²) in [6.07, 6.45) is 0.907. The number of rotatable bonds is 10. The van der Waals surface area contributed by atoms with Crippen LogP contribution in [0.4, 0.5) is 0 Å². The van der Waals surface area contributed by atoms with E-state index in [0.717, 1.165) is 31.7 Å². The molecule has 0 atom stereocenters. The first-order valence-corrected chi connectivity index (χ1v) is 10.2. The second kappa shape index (κ2) is 11.2. The molecule has 0 heterocycles. The molecule has 8 heteroatoms. The molecule has 0 bridgehead atoms. The molecule has 0 aliphatic rings. The van der Waals surface area contributed by atoms with Gasteiger partial charge in [0.15, 0.2) is 5.96 Å². The van der Waals surface area contributed by atoms with Crippen LogP contribution in [0, 0.1) is 5.92 Å². The Kier molecular flexibility index (Phi) is 9.61. The van der Waals surface area contributed by atoms with Crippen LogP contribution in [0.2, 0.25) is 0 Å². The smallest absolute Gasteiger partial charge is 0.242 e. The monoisotopic (exact) mass is 384 g/mol. The summed E-state index contributed by atoms with van der Waals surface area (Å²) in [5.41, 5.74) is 0.978. The number of benzene rings is 1. The van der Waals surface area contributed by atoms with E-state index in [4.69, 9.17) is 4.74 Å². The lowest BCUT2D eigenvalue weighted by molar-refractivity contribution is 0.108. The zero-order valence-electron chi connectivity index (χ0n) is 16.4. The molecule has 0 amide bonds. The quantitative estimate of drug-likeness (QED) is 0.364. The molecule has 0 radical (unpaired) electrons. The SMILES string of the molecule is CN=C(NCCCOCC(C)C)NCc1ccc(S(=O)(=O)N(C)C)cc1. The van der Waals surface area contributed by atoms with Crippen LogP contribution in [-0.2, 0) is 21.3 Å². The van der Waals surface area contributed by atoms with Crippen molar-refractivity contribution < 1.29 is 13.2 Å². The van der Waals surface area contributed by atoms with Crippen molar-refractivity contribution >= 4 is 16.0 Å². The Hall–Kier alpha value is -1.64. The fourth-order valence-electron chi connectivity index (χ4n) is 2.10. The van der Waals surface area contributed by atoms with Gasteiger partial charge in [-0.1, -0.05) is 26.0 Å². The number of hydrogen-bond donors (Lipinski definition) is 2. The number of guanidine groups is 1. The van der Waals surface area contributed by atoms with Crippen molar-refractivity contribution in [3.8, 4) is 0 Å². The van der Waals surface area contributed by atoms with Gasteiger partial charge in [-0.25, -0.2) is 12.7 Å². The van der Waals surface area contributed by atoms with E-state index in [1.807, 2.05) is 0 Å². The fourth-order valence-corrected chi connectivity index (χ4v) is 3.00. The van der Waals surface area contributed by atoms with Gasteiger partial charge in [-0.05, 0) is 30.0 Å². The van der Waals surface area contributed by atoms with Crippen LogP contribution in [0.3, 0.4) is 0 Å². The predicted molar refractivity (Wildman–Crippen MR) is 106 cm³/mol. The van der Waals surface area contributed by atoms with Crippen LogP contribution in [0.15, 0.2) is 34.2 Å². The van der Waals surface area contributed by atoms with Gasteiger partial charge in [-0.3, -0.25) is 4.99 Å². The van der Waals surface area contributed by atoms with Gasteiger partial charge in [0.25, 0.3) is 0 Å². The van der Waals surface area contributed by atoms with Crippen molar-refractivity contribution in [2.24, 2.45) is 10.9 Å². The van der Waals surface area contributed by atoms with E-state index < -0.39 is 10.0 Å². The maximum Gasteiger partial charge on any atom is 0.242 e. The topological polar surface area (TPSA) is 83.0 Å². The van der Waals surface area contributed by atoms with Gasteiger partial charge in [0.2, 0.25) is 10.0 Å². The van der Waals surface area contributed by atoms with Crippen LogP contribution in [0.1, 0.15) is 25.8 Å². The van der Waals surface area contributed by atoms with Gasteiger partial charge in [-0.15, -0.1) is 0 Å². The zero-order chi connectivity index (χ0) is 19.6. The fraction of sp³-hybridized carbons (Fsp3) is 0.611. The number of aliphatic imine (C=N–C) groups is 1. The molecule has 0 saturated heterocycles. The molecule has 1 rings (SSSR count). The van der Waals surface area contributed by atoms with Crippen LogP contribution in [-0.4, -0.2) is 59.6 Å². The Labute approximate surface area is 157 Å². The lowest BCUT2D eigenvalue weighted by Gasteiger charge is -2.14. The predicted octanol–water partition coefficient (Wildman–Crippen LogP) is 1.66. The van der Waals surface area contributed by atoms with Gasteiger partial charge in [0, 0.05) is 47.4 Å². The summed E-state index contributed by atoms with van der Waals surface area (Å²) in [5.74, 6) is 1.26. The highest BCUT2D eigenvalue weighted by Gasteiger charge is 2.16. The second-order valence-corrected chi connectivity index (χ2v) is 8.76. The molecule has 0 aliphatic heterocycles. The van der Waals surface area contributed by atoms with Crippen molar-refractivity contribution in [3.05, 3.63) is 29.8 Å². The van der Waals surface area contributed by atoms with Gasteiger partial charge in [0.1, 0.15) is 0 Å². The molecule has 0 aliphatic carbocycles. The van der Waals surface area contributed by atoms with Crippen LogP contribution in [0.25, 0.3) is 0 Å².